The van der Waals surface area contributed by atoms with Gasteiger partial charge in [-0.2, -0.15) is 0 Å². The third-order valence-corrected chi connectivity index (χ3v) is 5.98. The highest BCUT2D eigenvalue weighted by molar-refractivity contribution is 7.91. The summed E-state index contributed by atoms with van der Waals surface area (Å²) in [5, 5.41) is -0.579. The van der Waals surface area contributed by atoms with E-state index in [1.165, 1.54) is 0 Å². The van der Waals surface area contributed by atoms with E-state index in [1.807, 2.05) is 18.2 Å². The van der Waals surface area contributed by atoms with E-state index in [0.717, 1.165) is 19.3 Å². The number of benzene rings is 1. The van der Waals surface area contributed by atoms with Crippen molar-refractivity contribution < 1.29 is 17.9 Å². The van der Waals surface area contributed by atoms with E-state index in [0.29, 0.717) is 17.9 Å². The summed E-state index contributed by atoms with van der Waals surface area (Å²) < 4.78 is 35.9. The Labute approximate surface area is 121 Å². The Morgan fingerprint density at radius 2 is 2.10 bits per heavy atom. The zero-order valence-electron chi connectivity index (χ0n) is 12.0. The van der Waals surface area contributed by atoms with E-state index in [1.54, 1.807) is 20.1 Å². The number of hydrogen-bond donors (Lipinski definition) is 0. The average Bonchev–Trinajstić information content (AvgIpc) is 2.47. The van der Waals surface area contributed by atoms with Crippen molar-refractivity contribution in [1.29, 1.82) is 0 Å². The summed E-state index contributed by atoms with van der Waals surface area (Å²) in [6, 6.07) is 7.27. The minimum Gasteiger partial charge on any atom is -0.496 e. The van der Waals surface area contributed by atoms with Crippen LogP contribution in [0.15, 0.2) is 24.3 Å². The Kier molecular flexibility index (Phi) is 5.05. The van der Waals surface area contributed by atoms with Gasteiger partial charge in [0.15, 0.2) is 9.84 Å². The monoisotopic (exact) mass is 298 g/mol. The summed E-state index contributed by atoms with van der Waals surface area (Å²) in [6.07, 6.45) is 2.74. The predicted molar refractivity (Wildman–Crippen MR) is 78.8 cm³/mol. The molecule has 1 aromatic rings. The molecule has 0 saturated carbocycles. The van der Waals surface area contributed by atoms with Crippen LogP contribution in [0.2, 0.25) is 0 Å². The van der Waals surface area contributed by atoms with Gasteiger partial charge in [-0.3, -0.25) is 0 Å². The second kappa shape index (κ2) is 6.59. The Morgan fingerprint density at radius 1 is 1.35 bits per heavy atom. The minimum absolute atomic E-state index is 0.0895. The molecule has 1 saturated heterocycles. The first kappa shape index (κ1) is 15.3. The molecule has 1 aliphatic rings. The highest BCUT2D eigenvalue weighted by atomic mass is 32.2. The van der Waals surface area contributed by atoms with Gasteiger partial charge < -0.3 is 9.47 Å². The molecule has 0 radical (unpaired) electrons. The number of sulfone groups is 1. The van der Waals surface area contributed by atoms with Crippen molar-refractivity contribution in [3.8, 4) is 5.75 Å². The van der Waals surface area contributed by atoms with Crippen LogP contribution in [0.1, 0.15) is 37.0 Å². The molecule has 2 atom stereocenters. The first-order valence-electron chi connectivity index (χ1n) is 7.00. The maximum absolute atomic E-state index is 12.5. The standard InChI is InChI=1S/C15H22O4S/c1-12(14-8-3-4-9-15(14)18-2)20(16,17)11-13-7-5-6-10-19-13/h3-4,8-9,12-13H,5-7,10-11H2,1-2H3/t12-,13+/m1/s1. The second-order valence-electron chi connectivity index (χ2n) is 5.20. The minimum atomic E-state index is -3.25. The van der Waals surface area contributed by atoms with Gasteiger partial charge >= 0.3 is 0 Å². The largest absolute Gasteiger partial charge is 0.496 e. The lowest BCUT2D eigenvalue weighted by atomic mass is 10.1. The maximum atomic E-state index is 12.5. The van der Waals surface area contributed by atoms with Gasteiger partial charge in [0.1, 0.15) is 5.75 Å². The summed E-state index contributed by atoms with van der Waals surface area (Å²) in [5.74, 6) is 0.708. The SMILES string of the molecule is COc1ccccc1[C@@H](C)S(=O)(=O)C[C@@H]1CCCCO1. The van der Waals surface area contributed by atoms with Crippen molar-refractivity contribution in [1.82, 2.24) is 0 Å². The van der Waals surface area contributed by atoms with Gasteiger partial charge in [0.2, 0.25) is 0 Å². The molecule has 0 unspecified atom stereocenters. The molecule has 1 fully saturated rings. The summed E-state index contributed by atoms with van der Waals surface area (Å²) >= 11 is 0. The number of methoxy groups -OCH3 is 1. The van der Waals surface area contributed by atoms with Crippen molar-refractivity contribution in [2.24, 2.45) is 0 Å². The van der Waals surface area contributed by atoms with E-state index < -0.39 is 15.1 Å². The van der Waals surface area contributed by atoms with Crippen LogP contribution in [0.4, 0.5) is 0 Å². The molecule has 0 aromatic heterocycles. The van der Waals surface area contributed by atoms with Gasteiger partial charge in [-0.05, 0) is 32.3 Å². The van der Waals surface area contributed by atoms with Gasteiger partial charge in [-0.15, -0.1) is 0 Å². The van der Waals surface area contributed by atoms with Crippen molar-refractivity contribution in [2.45, 2.75) is 37.5 Å². The molecule has 1 aromatic carbocycles. The third-order valence-electron chi connectivity index (χ3n) is 3.81. The van der Waals surface area contributed by atoms with Crippen LogP contribution in [0.3, 0.4) is 0 Å². The molecule has 20 heavy (non-hydrogen) atoms. The van der Waals surface area contributed by atoms with E-state index in [-0.39, 0.29) is 11.9 Å². The molecular weight excluding hydrogens is 276 g/mol. The number of ether oxygens (including phenoxy) is 2. The maximum Gasteiger partial charge on any atom is 0.159 e. The lowest BCUT2D eigenvalue weighted by Gasteiger charge is -2.24. The van der Waals surface area contributed by atoms with E-state index in [9.17, 15) is 8.42 Å². The van der Waals surface area contributed by atoms with Crippen LogP contribution in [0, 0.1) is 0 Å². The fourth-order valence-electron chi connectivity index (χ4n) is 2.54. The Bertz CT molecular complexity index is 533. The first-order chi connectivity index (χ1) is 9.54. The van der Waals surface area contributed by atoms with E-state index in [2.05, 4.69) is 0 Å². The van der Waals surface area contributed by atoms with Crippen LogP contribution < -0.4 is 4.74 Å². The van der Waals surface area contributed by atoms with Gasteiger partial charge in [0, 0.05) is 12.2 Å². The van der Waals surface area contributed by atoms with Gasteiger partial charge in [0.25, 0.3) is 0 Å². The normalized spacial score (nSPS) is 21.4. The smallest absolute Gasteiger partial charge is 0.159 e. The fraction of sp³-hybridized carbons (Fsp3) is 0.600. The molecule has 0 amide bonds. The molecule has 0 aliphatic carbocycles. The predicted octanol–water partition coefficient (Wildman–Crippen LogP) is 2.74. The zero-order chi connectivity index (χ0) is 14.6. The molecule has 0 N–H and O–H groups in total. The summed E-state index contributed by atoms with van der Waals surface area (Å²) in [7, 11) is -1.69. The molecular formula is C15H22O4S. The molecule has 1 aliphatic heterocycles. The van der Waals surface area contributed by atoms with Crippen LogP contribution in [0.5, 0.6) is 5.75 Å². The van der Waals surface area contributed by atoms with Gasteiger partial charge in [0.05, 0.1) is 24.2 Å². The number of rotatable bonds is 5. The number of para-hydroxylation sites is 1. The molecule has 112 valence electrons. The summed E-state index contributed by atoms with van der Waals surface area (Å²) in [5.41, 5.74) is 0.714. The quantitative estimate of drug-likeness (QED) is 0.838. The summed E-state index contributed by atoms with van der Waals surface area (Å²) in [4.78, 5) is 0. The van der Waals surface area contributed by atoms with Gasteiger partial charge in [-0.1, -0.05) is 18.2 Å². The number of hydrogen-bond acceptors (Lipinski definition) is 4. The fourth-order valence-corrected chi connectivity index (χ4v) is 4.19. The molecule has 2 rings (SSSR count). The van der Waals surface area contributed by atoms with Gasteiger partial charge in [-0.25, -0.2) is 8.42 Å². The summed E-state index contributed by atoms with van der Waals surface area (Å²) in [6.45, 7) is 2.39. The average molecular weight is 298 g/mol. The topological polar surface area (TPSA) is 52.6 Å². The van der Waals surface area contributed by atoms with Crippen LogP contribution >= 0.6 is 0 Å². The van der Waals surface area contributed by atoms with E-state index in [4.69, 9.17) is 9.47 Å². The van der Waals surface area contributed by atoms with Crippen LogP contribution in [-0.4, -0.2) is 34.0 Å². The molecule has 5 heteroatoms. The van der Waals surface area contributed by atoms with Crippen molar-refractivity contribution in [3.63, 3.8) is 0 Å². The Balaban J connectivity index is 2.15. The molecule has 0 spiro atoms. The van der Waals surface area contributed by atoms with Crippen molar-refractivity contribution in [3.05, 3.63) is 29.8 Å². The van der Waals surface area contributed by atoms with Crippen molar-refractivity contribution in [2.75, 3.05) is 19.5 Å². The van der Waals surface area contributed by atoms with Crippen molar-refractivity contribution >= 4 is 9.84 Å². The highest BCUT2D eigenvalue weighted by Crippen LogP contribution is 2.31. The lowest BCUT2D eigenvalue weighted by molar-refractivity contribution is 0.0304. The highest BCUT2D eigenvalue weighted by Gasteiger charge is 2.29. The van der Waals surface area contributed by atoms with E-state index >= 15 is 0 Å². The van der Waals surface area contributed by atoms with Crippen LogP contribution in [0.25, 0.3) is 0 Å². The molecule has 4 nitrogen and oxygen atoms in total. The Hall–Kier alpha value is -1.07. The third kappa shape index (κ3) is 3.52. The Morgan fingerprint density at radius 3 is 2.75 bits per heavy atom. The van der Waals surface area contributed by atoms with Crippen LogP contribution in [-0.2, 0) is 14.6 Å². The first-order valence-corrected chi connectivity index (χ1v) is 8.72. The zero-order valence-corrected chi connectivity index (χ0v) is 12.9. The lowest BCUT2D eigenvalue weighted by Crippen LogP contribution is -2.29. The second-order valence-corrected chi connectivity index (χ2v) is 7.57. The molecule has 0 bridgehead atoms. The molecule has 1 heterocycles.